The molecule has 0 spiro atoms. The summed E-state index contributed by atoms with van der Waals surface area (Å²) in [5, 5.41) is 0. The Morgan fingerprint density at radius 3 is 2.44 bits per heavy atom. The molecule has 2 N–H and O–H groups in total. The van der Waals surface area contributed by atoms with Gasteiger partial charge < -0.3 is 20.1 Å². The average molecular weight is 474 g/mol. The van der Waals surface area contributed by atoms with Gasteiger partial charge >= 0.3 is 5.97 Å². The summed E-state index contributed by atoms with van der Waals surface area (Å²) in [6.07, 6.45) is 1.16. The van der Waals surface area contributed by atoms with Crippen LogP contribution in [0.25, 0.3) is 0 Å². The van der Waals surface area contributed by atoms with E-state index in [2.05, 4.69) is 4.90 Å². The number of ketones is 1. The number of hydrogen-bond donors (Lipinski definition) is 1. The number of likely N-dealkylation sites (tertiary alicyclic amines) is 1. The maximum Gasteiger partial charge on any atom is 0.306 e. The first-order valence-corrected chi connectivity index (χ1v) is 11.8. The lowest BCUT2D eigenvalue weighted by molar-refractivity contribution is -0.155. The lowest BCUT2D eigenvalue weighted by atomic mass is 10.1. The number of Topliss-reactive ketones (excluding diaryl/α,β-unsaturated/α-hetero) is 1. The van der Waals surface area contributed by atoms with Gasteiger partial charge in [0.2, 0.25) is 5.91 Å². The Bertz CT molecular complexity index is 944. The Morgan fingerprint density at radius 1 is 1.15 bits per heavy atom. The highest BCUT2D eigenvalue weighted by atomic mass is 16.6. The van der Waals surface area contributed by atoms with E-state index in [-0.39, 0.29) is 31.4 Å². The van der Waals surface area contributed by atoms with Crippen LogP contribution in [0.4, 0.5) is 0 Å². The number of piperidine rings is 1. The van der Waals surface area contributed by atoms with E-state index in [9.17, 15) is 19.2 Å². The number of nitrogens with zero attached hydrogens (tertiary/aromatic N) is 2. The van der Waals surface area contributed by atoms with Gasteiger partial charge in [0.25, 0.3) is 5.91 Å². The van der Waals surface area contributed by atoms with E-state index >= 15 is 0 Å². The second-order valence-electron chi connectivity index (χ2n) is 10.1. The Labute approximate surface area is 200 Å². The van der Waals surface area contributed by atoms with Crippen LogP contribution in [-0.4, -0.2) is 70.7 Å². The van der Waals surface area contributed by atoms with Crippen LogP contribution in [-0.2, 0) is 25.7 Å². The lowest BCUT2D eigenvalue weighted by Gasteiger charge is -2.28. The third-order valence-electron chi connectivity index (χ3n) is 5.92. The Hall–Kier alpha value is -2.94. The molecule has 0 saturated carbocycles. The van der Waals surface area contributed by atoms with Crippen LogP contribution >= 0.6 is 0 Å². The van der Waals surface area contributed by atoms with E-state index in [1.807, 2.05) is 13.0 Å². The number of ether oxygens (including phenoxy) is 2. The highest BCUT2D eigenvalue weighted by Gasteiger charge is 2.36. The molecule has 2 aliphatic rings. The molecular formula is C25H35N3O6. The predicted octanol–water partition coefficient (Wildman–Crippen LogP) is 2.05. The van der Waals surface area contributed by atoms with Crippen molar-refractivity contribution < 1.29 is 28.7 Å². The number of hydrogen-bond acceptors (Lipinski definition) is 7. The molecule has 0 aliphatic carbocycles. The summed E-state index contributed by atoms with van der Waals surface area (Å²) < 4.78 is 11.4. The van der Waals surface area contributed by atoms with Gasteiger partial charge in [-0.3, -0.25) is 24.1 Å². The van der Waals surface area contributed by atoms with Crippen molar-refractivity contribution >= 4 is 23.6 Å². The molecule has 9 nitrogen and oxygen atoms in total. The van der Waals surface area contributed by atoms with E-state index in [4.69, 9.17) is 15.2 Å². The predicted molar refractivity (Wildman–Crippen MR) is 125 cm³/mol. The zero-order chi connectivity index (χ0) is 25.0. The van der Waals surface area contributed by atoms with E-state index in [0.29, 0.717) is 36.5 Å². The SMILES string of the molecule is CC(CN1CCC(=O)CC1)Oc1ccc2c(c1)CN(C(CCC(=O)OC(C)(C)C)C(N)=O)C2=O. The van der Waals surface area contributed by atoms with Gasteiger partial charge in [0, 0.05) is 51.0 Å². The molecule has 0 bridgehead atoms. The number of nitrogens with two attached hydrogens (primary N) is 1. The smallest absolute Gasteiger partial charge is 0.306 e. The number of esters is 1. The third kappa shape index (κ3) is 6.79. The molecule has 2 unspecified atom stereocenters. The summed E-state index contributed by atoms with van der Waals surface area (Å²) >= 11 is 0. The Kier molecular flexibility index (Phi) is 7.97. The number of carbonyl (C=O) groups excluding carboxylic acids is 4. The fourth-order valence-corrected chi connectivity index (χ4v) is 4.36. The molecule has 2 heterocycles. The molecule has 1 fully saturated rings. The van der Waals surface area contributed by atoms with Crippen molar-refractivity contribution in [3.05, 3.63) is 29.3 Å². The summed E-state index contributed by atoms with van der Waals surface area (Å²) in [6.45, 7) is 9.71. The monoisotopic (exact) mass is 473 g/mol. The van der Waals surface area contributed by atoms with Crippen molar-refractivity contribution in [1.29, 1.82) is 0 Å². The van der Waals surface area contributed by atoms with Crippen LogP contribution in [0.15, 0.2) is 18.2 Å². The minimum atomic E-state index is -0.905. The van der Waals surface area contributed by atoms with Crippen molar-refractivity contribution in [3.63, 3.8) is 0 Å². The minimum absolute atomic E-state index is 0.0149. The van der Waals surface area contributed by atoms with Gasteiger partial charge in [0.1, 0.15) is 29.3 Å². The van der Waals surface area contributed by atoms with Gasteiger partial charge in [-0.15, -0.1) is 0 Å². The fraction of sp³-hybridized carbons (Fsp3) is 0.600. The molecule has 2 amide bonds. The molecule has 186 valence electrons. The average Bonchev–Trinajstić information content (AvgIpc) is 3.04. The second-order valence-corrected chi connectivity index (χ2v) is 10.1. The van der Waals surface area contributed by atoms with Crippen molar-refractivity contribution in [2.75, 3.05) is 19.6 Å². The Morgan fingerprint density at radius 2 is 1.82 bits per heavy atom. The number of carbonyl (C=O) groups is 4. The molecule has 1 aromatic rings. The fourth-order valence-electron chi connectivity index (χ4n) is 4.36. The molecule has 0 aromatic heterocycles. The molecule has 1 aromatic carbocycles. The van der Waals surface area contributed by atoms with E-state index in [0.717, 1.165) is 18.7 Å². The van der Waals surface area contributed by atoms with Crippen molar-refractivity contribution in [2.24, 2.45) is 5.73 Å². The van der Waals surface area contributed by atoms with Gasteiger partial charge in [-0.1, -0.05) is 0 Å². The van der Waals surface area contributed by atoms with Crippen LogP contribution in [0.3, 0.4) is 0 Å². The standard InChI is InChI=1S/C25H35N3O6/c1-16(14-27-11-9-18(29)10-12-27)33-19-5-6-20-17(13-19)15-28(24(20)32)21(23(26)31)7-8-22(30)34-25(2,3)4/h5-6,13,16,21H,7-12,14-15H2,1-4H3,(H2,26,31). The van der Waals surface area contributed by atoms with Crippen molar-refractivity contribution in [1.82, 2.24) is 9.80 Å². The Balaban J connectivity index is 1.61. The summed E-state index contributed by atoms with van der Waals surface area (Å²) in [6, 6.07) is 4.36. The van der Waals surface area contributed by atoms with Gasteiger partial charge in [0.05, 0.1) is 0 Å². The zero-order valence-corrected chi connectivity index (χ0v) is 20.5. The third-order valence-corrected chi connectivity index (χ3v) is 5.92. The molecule has 1 saturated heterocycles. The van der Waals surface area contributed by atoms with Crippen molar-refractivity contribution in [3.8, 4) is 5.75 Å². The summed E-state index contributed by atoms with van der Waals surface area (Å²) in [4.78, 5) is 52.2. The minimum Gasteiger partial charge on any atom is -0.489 e. The number of primary amides is 1. The first-order valence-electron chi connectivity index (χ1n) is 11.8. The quantitative estimate of drug-likeness (QED) is 0.545. The highest BCUT2D eigenvalue weighted by molar-refractivity contribution is 6.01. The number of rotatable bonds is 9. The van der Waals surface area contributed by atoms with E-state index in [1.54, 1.807) is 32.9 Å². The second kappa shape index (κ2) is 10.5. The van der Waals surface area contributed by atoms with Crippen LogP contribution in [0.1, 0.15) is 69.3 Å². The van der Waals surface area contributed by atoms with Gasteiger partial charge in [0.15, 0.2) is 0 Å². The van der Waals surface area contributed by atoms with Crippen LogP contribution in [0.2, 0.25) is 0 Å². The molecule has 2 aliphatic heterocycles. The summed E-state index contributed by atoms with van der Waals surface area (Å²) in [5.41, 5.74) is 6.21. The number of benzene rings is 1. The molecule has 2 atom stereocenters. The number of fused-ring (bicyclic) bond motifs is 1. The van der Waals surface area contributed by atoms with Gasteiger partial charge in [-0.2, -0.15) is 0 Å². The molecule has 34 heavy (non-hydrogen) atoms. The van der Waals surface area contributed by atoms with Crippen LogP contribution < -0.4 is 10.5 Å². The van der Waals surface area contributed by atoms with Gasteiger partial charge in [-0.25, -0.2) is 0 Å². The van der Waals surface area contributed by atoms with Crippen molar-refractivity contribution in [2.45, 2.75) is 77.7 Å². The number of amides is 2. The molecule has 3 rings (SSSR count). The first kappa shape index (κ1) is 25.7. The normalized spacial score (nSPS) is 18.4. The zero-order valence-electron chi connectivity index (χ0n) is 20.5. The molecule has 9 heteroatoms. The maximum absolute atomic E-state index is 13.0. The lowest BCUT2D eigenvalue weighted by Crippen LogP contribution is -2.45. The van der Waals surface area contributed by atoms with E-state index in [1.165, 1.54) is 4.90 Å². The van der Waals surface area contributed by atoms with Gasteiger partial charge in [-0.05, 0) is 57.9 Å². The van der Waals surface area contributed by atoms with E-state index < -0.39 is 23.5 Å². The highest BCUT2D eigenvalue weighted by Crippen LogP contribution is 2.30. The maximum atomic E-state index is 13.0. The molecule has 0 radical (unpaired) electrons. The van der Waals surface area contributed by atoms with Crippen LogP contribution in [0.5, 0.6) is 5.75 Å². The molecular weight excluding hydrogens is 438 g/mol. The first-order chi connectivity index (χ1) is 15.9. The van der Waals surface area contributed by atoms with Crippen LogP contribution in [0, 0.1) is 0 Å². The largest absolute Gasteiger partial charge is 0.489 e. The topological polar surface area (TPSA) is 119 Å². The summed E-state index contributed by atoms with van der Waals surface area (Å²) in [5.74, 6) is -0.447. The summed E-state index contributed by atoms with van der Waals surface area (Å²) in [7, 11) is 0.